The molecule has 0 radical (unpaired) electrons. The molecule has 4 aromatic rings. The first-order chi connectivity index (χ1) is 17.9. The van der Waals surface area contributed by atoms with E-state index in [0.29, 0.717) is 41.0 Å². The number of carbonyl (C=O) groups excluding carboxylic acids is 1. The quantitative estimate of drug-likeness (QED) is 0.295. The maximum absolute atomic E-state index is 13.7. The molecule has 184 valence electrons. The average molecular weight is 493 g/mol. The molecule has 2 atom stereocenters. The monoisotopic (exact) mass is 492 g/mol. The third-order valence-corrected chi connectivity index (χ3v) is 7.27. The lowest BCUT2D eigenvalue weighted by Crippen LogP contribution is -2.32. The first kappa shape index (κ1) is 22.7. The highest BCUT2D eigenvalue weighted by atomic mass is 16.6. The molecule has 0 bridgehead atoms. The summed E-state index contributed by atoms with van der Waals surface area (Å²) in [6, 6.07) is 23.6. The highest BCUT2D eigenvalue weighted by molar-refractivity contribution is 6.01. The van der Waals surface area contributed by atoms with Gasteiger partial charge in [0.1, 0.15) is 5.82 Å². The fourth-order valence-electron chi connectivity index (χ4n) is 5.48. The van der Waals surface area contributed by atoms with Gasteiger partial charge in [-0.05, 0) is 42.5 Å². The lowest BCUT2D eigenvalue weighted by molar-refractivity contribution is -0.384. The third-order valence-electron chi connectivity index (χ3n) is 7.27. The minimum absolute atomic E-state index is 0.00501. The van der Waals surface area contributed by atoms with E-state index in [1.165, 1.54) is 16.8 Å². The zero-order valence-electron chi connectivity index (χ0n) is 20.1. The predicted molar refractivity (Wildman–Crippen MR) is 140 cm³/mol. The average Bonchev–Trinajstić information content (AvgIpc) is 3.24. The zero-order chi connectivity index (χ0) is 25.7. The summed E-state index contributed by atoms with van der Waals surface area (Å²) in [7, 11) is 0. The van der Waals surface area contributed by atoms with Gasteiger partial charge in [0.15, 0.2) is 5.78 Å². The number of nitrogens with one attached hydrogen (secondary N) is 2. The number of allylic oxidation sites excluding steroid dienone is 2. The van der Waals surface area contributed by atoms with Crippen LogP contribution in [0.15, 0.2) is 94.9 Å². The van der Waals surface area contributed by atoms with Crippen LogP contribution in [0, 0.1) is 17.0 Å². The van der Waals surface area contributed by atoms with Crippen LogP contribution in [0.2, 0.25) is 0 Å². The molecule has 2 aliphatic rings. The highest BCUT2D eigenvalue weighted by Crippen LogP contribution is 2.47. The first-order valence-corrected chi connectivity index (χ1v) is 12.1. The lowest BCUT2D eigenvalue weighted by Gasteiger charge is -2.34. The van der Waals surface area contributed by atoms with Crippen LogP contribution in [0.1, 0.15) is 46.9 Å². The van der Waals surface area contributed by atoms with E-state index in [1.807, 2.05) is 49.4 Å². The van der Waals surface area contributed by atoms with Crippen molar-refractivity contribution in [1.29, 1.82) is 0 Å². The summed E-state index contributed by atoms with van der Waals surface area (Å²) >= 11 is 0. The molecule has 0 spiro atoms. The molecule has 3 aromatic carbocycles. The normalized spacial score (nSPS) is 18.7. The number of nitro benzene ring substituents is 1. The van der Waals surface area contributed by atoms with Crippen molar-refractivity contribution in [2.75, 3.05) is 5.32 Å². The summed E-state index contributed by atoms with van der Waals surface area (Å²) in [6.07, 6.45) is 0.898. The van der Waals surface area contributed by atoms with Gasteiger partial charge in [-0.25, -0.2) is 4.68 Å². The van der Waals surface area contributed by atoms with Crippen molar-refractivity contribution in [3.63, 3.8) is 0 Å². The molecule has 1 aliphatic carbocycles. The molecule has 0 saturated carbocycles. The van der Waals surface area contributed by atoms with Crippen molar-refractivity contribution >= 4 is 17.3 Å². The number of non-ortho nitro benzene ring substituents is 1. The van der Waals surface area contributed by atoms with Crippen molar-refractivity contribution in [2.45, 2.75) is 31.6 Å². The van der Waals surface area contributed by atoms with E-state index in [4.69, 9.17) is 0 Å². The Kier molecular flexibility index (Phi) is 5.37. The van der Waals surface area contributed by atoms with E-state index in [0.717, 1.165) is 16.8 Å². The molecular formula is C29H24N4O4. The molecule has 0 amide bonds. The highest BCUT2D eigenvalue weighted by Gasteiger charge is 2.41. The van der Waals surface area contributed by atoms with E-state index < -0.39 is 10.8 Å². The van der Waals surface area contributed by atoms with Gasteiger partial charge >= 0.3 is 0 Å². The molecular weight excluding hydrogens is 468 g/mol. The second kappa shape index (κ2) is 8.74. The summed E-state index contributed by atoms with van der Waals surface area (Å²) in [5.74, 6) is -0.282. The number of hydrogen-bond donors (Lipinski definition) is 2. The fraction of sp³-hybridized carbons (Fsp3) is 0.172. The van der Waals surface area contributed by atoms with Crippen LogP contribution in [-0.4, -0.2) is 20.5 Å². The van der Waals surface area contributed by atoms with Crippen molar-refractivity contribution in [1.82, 2.24) is 9.78 Å². The van der Waals surface area contributed by atoms with Crippen LogP contribution in [0.5, 0.6) is 0 Å². The second-order valence-corrected chi connectivity index (χ2v) is 9.62. The fourth-order valence-corrected chi connectivity index (χ4v) is 5.48. The Morgan fingerprint density at radius 1 is 0.919 bits per heavy atom. The van der Waals surface area contributed by atoms with Gasteiger partial charge in [0, 0.05) is 35.7 Å². The predicted octanol–water partition coefficient (Wildman–Crippen LogP) is 5.34. The number of aryl methyl sites for hydroxylation is 1. The van der Waals surface area contributed by atoms with Gasteiger partial charge in [-0.15, -0.1) is 0 Å². The number of benzene rings is 3. The molecule has 1 aromatic heterocycles. The Hall–Kier alpha value is -4.72. The number of hydrogen-bond acceptors (Lipinski definition) is 5. The van der Waals surface area contributed by atoms with Crippen LogP contribution in [0.25, 0.3) is 5.69 Å². The number of fused-ring (bicyclic) bond motifs is 1. The van der Waals surface area contributed by atoms with Crippen molar-refractivity contribution in [2.24, 2.45) is 0 Å². The molecule has 2 N–H and O–H groups in total. The van der Waals surface area contributed by atoms with Gasteiger partial charge in [-0.1, -0.05) is 60.2 Å². The lowest BCUT2D eigenvalue weighted by atomic mass is 9.72. The maximum atomic E-state index is 13.7. The van der Waals surface area contributed by atoms with Crippen LogP contribution >= 0.6 is 0 Å². The second-order valence-electron chi connectivity index (χ2n) is 9.62. The number of aromatic amines is 1. The Morgan fingerprint density at radius 2 is 1.68 bits per heavy atom. The Morgan fingerprint density at radius 3 is 2.41 bits per heavy atom. The Balaban J connectivity index is 1.52. The van der Waals surface area contributed by atoms with E-state index in [9.17, 15) is 19.7 Å². The van der Waals surface area contributed by atoms with Crippen molar-refractivity contribution in [3.8, 4) is 5.69 Å². The number of rotatable bonds is 4. The minimum atomic E-state index is -0.716. The summed E-state index contributed by atoms with van der Waals surface area (Å²) < 4.78 is 1.45. The van der Waals surface area contributed by atoms with Gasteiger partial charge < -0.3 is 5.32 Å². The molecule has 0 fully saturated rings. The molecule has 8 nitrogen and oxygen atoms in total. The number of aromatic nitrogens is 2. The number of carbonyl (C=O) groups is 1. The maximum Gasteiger partial charge on any atom is 0.277 e. The number of nitro groups is 1. The van der Waals surface area contributed by atoms with Gasteiger partial charge in [-0.3, -0.25) is 24.8 Å². The van der Waals surface area contributed by atoms with E-state index in [1.54, 1.807) is 12.1 Å². The Labute approximate surface area is 212 Å². The molecule has 1 aliphatic heterocycles. The van der Waals surface area contributed by atoms with Gasteiger partial charge in [0.25, 0.3) is 11.2 Å². The summed E-state index contributed by atoms with van der Waals surface area (Å²) in [5.41, 5.74) is 4.68. The number of H-pyrrole nitrogens is 1. The first-order valence-electron chi connectivity index (χ1n) is 12.1. The summed E-state index contributed by atoms with van der Waals surface area (Å²) in [5, 5.41) is 18.1. The van der Waals surface area contributed by atoms with Crippen molar-refractivity contribution in [3.05, 3.63) is 133 Å². The van der Waals surface area contributed by atoms with Crippen LogP contribution < -0.4 is 10.9 Å². The van der Waals surface area contributed by atoms with Gasteiger partial charge in [0.05, 0.1) is 16.2 Å². The molecule has 37 heavy (non-hydrogen) atoms. The SMILES string of the molecule is Cc1ccc([C@H]2CC(=O)C3=C(C2)Nc2[nH]n(-c4ccccc4)c(=O)c2[C@@H]3c2cccc([N+](=O)[O-])c2)cc1. The molecule has 2 heterocycles. The zero-order valence-corrected chi connectivity index (χ0v) is 20.1. The molecule has 0 saturated heterocycles. The molecule has 6 rings (SSSR count). The minimum Gasteiger partial charge on any atom is -0.343 e. The van der Waals surface area contributed by atoms with E-state index >= 15 is 0 Å². The van der Waals surface area contributed by atoms with Crippen LogP contribution in [0.4, 0.5) is 11.5 Å². The number of nitrogens with zero attached hydrogens (tertiary/aromatic N) is 2. The summed E-state index contributed by atoms with van der Waals surface area (Å²) in [4.78, 5) is 38.6. The molecule has 0 unspecified atom stereocenters. The topological polar surface area (TPSA) is 110 Å². The Bertz CT molecular complexity index is 1630. The number of ketones is 1. The van der Waals surface area contributed by atoms with Gasteiger partial charge in [-0.2, -0.15) is 0 Å². The van der Waals surface area contributed by atoms with Crippen LogP contribution in [-0.2, 0) is 4.79 Å². The van der Waals surface area contributed by atoms with Crippen molar-refractivity contribution < 1.29 is 9.72 Å². The standard InChI is InChI=1S/C29H24N4O4/c1-17-10-12-18(13-11-17)20-15-23-26(24(34)16-20)25(19-6-5-9-22(14-19)33(36)37)27-28(30-23)31-32(29(27)35)21-7-3-2-4-8-21/h2-14,20,25,30-31H,15-16H2,1H3/t20-,25-/m1/s1. The number of anilines is 1. The van der Waals surface area contributed by atoms with Crippen LogP contribution in [0.3, 0.4) is 0 Å². The smallest absolute Gasteiger partial charge is 0.277 e. The largest absolute Gasteiger partial charge is 0.343 e. The number of Topliss-reactive ketones (excluding diaryl/α,β-unsaturated/α-hetero) is 1. The molecule has 8 heteroatoms. The van der Waals surface area contributed by atoms with E-state index in [2.05, 4.69) is 22.5 Å². The third kappa shape index (κ3) is 3.87. The summed E-state index contributed by atoms with van der Waals surface area (Å²) in [6.45, 7) is 2.03. The van der Waals surface area contributed by atoms with E-state index in [-0.39, 0.29) is 22.9 Å². The number of para-hydroxylation sites is 1. The van der Waals surface area contributed by atoms with Gasteiger partial charge in [0.2, 0.25) is 0 Å².